The fourth-order valence-electron chi connectivity index (χ4n) is 14.9. The number of tetrazole rings is 1. The second kappa shape index (κ2) is 38.4. The number of H-pyrrole nitrogens is 6. The third kappa shape index (κ3) is 17.4. The van der Waals surface area contributed by atoms with Gasteiger partial charge in [-0.25, -0.2) is 71.2 Å². The van der Waals surface area contributed by atoms with E-state index in [1.807, 2.05) is 104 Å². The molecule has 0 radical (unpaired) electrons. The molecule has 0 fully saturated rings. The number of benzene rings is 6. The highest BCUT2D eigenvalue weighted by molar-refractivity contribution is 6.45. The van der Waals surface area contributed by atoms with Crippen molar-refractivity contribution < 1.29 is 39.9 Å². The highest BCUT2D eigenvalue weighted by Gasteiger charge is 2.28. The number of halogens is 12. The number of aromatic amines is 6. The first kappa shape index (κ1) is 88.9. The molecule has 42 heteroatoms. The molecule has 0 atom stereocenters. The maximum atomic E-state index is 14.1. The molecule has 18 aromatic heterocycles. The van der Waals surface area contributed by atoms with E-state index in [0.717, 1.165) is 141 Å². The minimum Gasteiger partial charge on any atom is -0.356 e. The molecule has 0 saturated carbocycles. The quantitative estimate of drug-likeness (QED) is 0.0584. The second-order valence-electron chi connectivity index (χ2n) is 29.5. The Labute approximate surface area is 790 Å². The highest BCUT2D eigenvalue weighted by Crippen LogP contribution is 2.45. The van der Waals surface area contributed by atoms with Crippen molar-refractivity contribution in [1.82, 2.24) is 135 Å². The van der Waals surface area contributed by atoms with Gasteiger partial charge in [-0.1, -0.05) is 147 Å². The van der Waals surface area contributed by atoms with E-state index in [-0.39, 0.29) is 16.9 Å². The molecule has 6 N–H and O–H groups in total. The molecule has 0 spiro atoms. The van der Waals surface area contributed by atoms with Gasteiger partial charge < -0.3 is 43.5 Å². The Bertz CT molecular complexity index is 8170. The van der Waals surface area contributed by atoms with Gasteiger partial charge >= 0.3 is 0 Å². The molecule has 18 heterocycles. The first-order chi connectivity index (χ1) is 66.2. The fraction of sp³-hybridized carbons (Fsp3) is 0.0426. The monoisotopic (exact) mass is 1940 g/mol. The van der Waals surface area contributed by atoms with Crippen LogP contribution in [0.5, 0.6) is 0 Å². The summed E-state index contributed by atoms with van der Waals surface area (Å²) in [6, 6.07) is 39.4. The molecule has 24 rings (SSSR count). The van der Waals surface area contributed by atoms with E-state index < -0.39 is 34.9 Å². The number of imidazole rings is 1. The van der Waals surface area contributed by atoms with Crippen LogP contribution in [0.2, 0.25) is 30.1 Å². The summed E-state index contributed by atoms with van der Waals surface area (Å²) in [6.07, 6.45) is 30.9. The molecule has 0 bridgehead atoms. The largest absolute Gasteiger partial charge is 0.356 e. The van der Waals surface area contributed by atoms with Crippen LogP contribution in [-0.4, -0.2) is 135 Å². The van der Waals surface area contributed by atoms with Gasteiger partial charge in [-0.2, -0.15) is 4.68 Å². The number of nitrogens with one attached hydrogen (secondary N) is 6. The number of hydrogen-bond acceptors (Lipinski definition) is 21. The molecule has 0 amide bonds. The van der Waals surface area contributed by atoms with Crippen LogP contribution in [0.3, 0.4) is 0 Å². The van der Waals surface area contributed by atoms with Crippen molar-refractivity contribution in [3.63, 3.8) is 0 Å². The van der Waals surface area contributed by atoms with E-state index in [4.69, 9.17) is 83.2 Å². The van der Waals surface area contributed by atoms with Crippen molar-refractivity contribution in [3.8, 4) is 118 Å². The predicted octanol–water partition coefficient (Wildman–Crippen LogP) is 24.2. The molecule has 6 aromatic carbocycles. The Hall–Kier alpha value is -16.4. The number of rotatable bonds is 13. The first-order valence-corrected chi connectivity index (χ1v) is 43.0. The molecular weight excluding hydrogens is 1880 g/mol. The number of pyridine rings is 3. The standard InChI is InChI=1S/C17H12Cl2N4O.C16H10Cl2N4O.C16H10F2N4O.C16H10F2N4.C15H9Cl2N5.C14H8F2N6/c1-2-14-20-7-12-10(6-21-17(12)23-14)16-11(8-22-24-16)9-4-3-5-13(18)15(9)19;1-8-5-19-16-14(22-8)11(6-20-16)15-10(7-21-23-15)9-3-2-4-12(17)13(9)18;1-8-5-19-14-11(6-20-16(14)22-8)15-10(7-21-23-15)9-3-2-4-12(17)13(9)18;17-12-4-1-5-13(15(12)18)22-9-19-8-14(22)11-7-21-16-10(11)3-2-6-20-16;16-11-4-1-5-12(13(11)17)22-8-20-21-15(22)10-7-19-14-9(10)3-2-6-18-14;15-10-4-1-5-11(12(10)16)22-14(19-20-21-22)9-7-18-13-8(9)3-2-6-17-13/h3-8H,2H2,1H3,(H,20,21,23);2-7H,1H3,(H,19,20);2-7H,1H3,(H,20,22);1-9H,(H,20,21);1-8H,(H,18,19);1-7H,(H,17,18). The fourth-order valence-corrected chi connectivity index (χ4v) is 16.1. The average Bonchev–Trinajstić information content (AvgIpc) is 1.55. The minimum absolute atomic E-state index is 0.0572. The summed E-state index contributed by atoms with van der Waals surface area (Å²) in [4.78, 5) is 61.5. The zero-order valence-corrected chi connectivity index (χ0v) is 74.6. The van der Waals surface area contributed by atoms with Gasteiger partial charge in [0.2, 0.25) is 0 Å². The van der Waals surface area contributed by atoms with E-state index in [2.05, 4.69) is 121 Å². The number of fused-ring (bicyclic) bond motifs is 6. The minimum atomic E-state index is -1.01. The lowest BCUT2D eigenvalue weighted by atomic mass is 10.0. The van der Waals surface area contributed by atoms with Gasteiger partial charge in [-0.05, 0) is 115 Å². The van der Waals surface area contributed by atoms with E-state index in [1.54, 1.807) is 111 Å². The molecule has 672 valence electrons. The van der Waals surface area contributed by atoms with Crippen molar-refractivity contribution >= 4 is 136 Å². The molecule has 30 nitrogen and oxygen atoms in total. The Morgan fingerprint density at radius 2 is 0.824 bits per heavy atom. The van der Waals surface area contributed by atoms with Crippen LogP contribution in [-0.2, 0) is 6.42 Å². The number of nitrogens with zero attached hydrogens (tertiary/aromatic N) is 21. The van der Waals surface area contributed by atoms with Gasteiger partial charge in [0.1, 0.15) is 51.5 Å². The zero-order valence-electron chi connectivity index (χ0n) is 70.1. The van der Waals surface area contributed by atoms with E-state index in [0.29, 0.717) is 104 Å². The Kier molecular flexibility index (Phi) is 25.1. The summed E-state index contributed by atoms with van der Waals surface area (Å²) in [5.41, 5.74) is 16.6. The Morgan fingerprint density at radius 3 is 1.46 bits per heavy atom. The van der Waals surface area contributed by atoms with Gasteiger partial charge in [0.15, 0.2) is 75.1 Å². The van der Waals surface area contributed by atoms with E-state index >= 15 is 0 Å². The van der Waals surface area contributed by atoms with Crippen molar-refractivity contribution in [2.24, 2.45) is 0 Å². The van der Waals surface area contributed by atoms with Crippen molar-refractivity contribution in [2.75, 3.05) is 0 Å². The third-order valence-electron chi connectivity index (χ3n) is 21.3. The molecule has 0 aliphatic heterocycles. The zero-order chi connectivity index (χ0) is 93.9. The van der Waals surface area contributed by atoms with Crippen LogP contribution in [0.1, 0.15) is 24.1 Å². The second-order valence-corrected chi connectivity index (χ2v) is 31.9. The lowest BCUT2D eigenvalue weighted by Gasteiger charge is -2.09. The molecule has 24 aromatic rings. The summed E-state index contributed by atoms with van der Waals surface area (Å²) in [5.74, 6) is -2.41. The smallest absolute Gasteiger partial charge is 0.189 e. The van der Waals surface area contributed by atoms with Crippen LogP contribution < -0.4 is 0 Å². The maximum absolute atomic E-state index is 14.1. The van der Waals surface area contributed by atoms with Gasteiger partial charge in [0.05, 0.1) is 124 Å². The molecule has 0 saturated heterocycles. The van der Waals surface area contributed by atoms with Crippen LogP contribution in [0, 0.1) is 48.8 Å². The molecular formula is C94H59Cl6F6N27O3. The normalized spacial score (nSPS) is 11.2. The van der Waals surface area contributed by atoms with Crippen molar-refractivity contribution in [1.29, 1.82) is 0 Å². The molecule has 136 heavy (non-hydrogen) atoms. The van der Waals surface area contributed by atoms with Crippen LogP contribution >= 0.6 is 69.6 Å². The summed E-state index contributed by atoms with van der Waals surface area (Å²) in [5, 5.41) is 37.4. The Balaban J connectivity index is 0.000000105. The first-order valence-electron chi connectivity index (χ1n) is 40.7. The van der Waals surface area contributed by atoms with E-state index in [9.17, 15) is 26.3 Å². The van der Waals surface area contributed by atoms with Gasteiger partial charge in [0.25, 0.3) is 0 Å². The summed E-state index contributed by atoms with van der Waals surface area (Å²) < 4.78 is 103. The van der Waals surface area contributed by atoms with Crippen molar-refractivity contribution in [3.05, 3.63) is 340 Å². The van der Waals surface area contributed by atoms with Crippen LogP contribution in [0.4, 0.5) is 26.3 Å². The Morgan fingerprint density at radius 1 is 0.346 bits per heavy atom. The predicted molar refractivity (Wildman–Crippen MR) is 502 cm³/mol. The third-order valence-corrected chi connectivity index (χ3v) is 23.7. The number of aromatic nitrogens is 27. The summed E-state index contributed by atoms with van der Waals surface area (Å²) in [6.45, 7) is 5.73. The topological polar surface area (TPSA) is 381 Å². The maximum Gasteiger partial charge on any atom is 0.189 e. The molecule has 0 unspecified atom stereocenters. The highest BCUT2D eigenvalue weighted by atomic mass is 35.5. The summed E-state index contributed by atoms with van der Waals surface area (Å²) in [7, 11) is 0. The average molecular weight is 1940 g/mol. The number of hydrogen-bond donors (Lipinski definition) is 6. The van der Waals surface area contributed by atoms with Gasteiger partial charge in [-0.3, -0.25) is 14.1 Å². The van der Waals surface area contributed by atoms with Crippen LogP contribution in [0.25, 0.3) is 185 Å². The van der Waals surface area contributed by atoms with E-state index in [1.165, 1.54) is 53.5 Å². The lowest BCUT2D eigenvalue weighted by Crippen LogP contribution is -2.04. The SMILES string of the molecule is CCc1ncc2c(-c3oncc3-c3cccc(Cl)c3Cl)c[nH]c2n1.Cc1cnc2[nH]cc(-c3oncc3-c3cccc(Cl)c3Cl)c2n1.Cc1cnc2c(-c3oncc3-c3cccc(F)c3F)c[nH]c2n1.Clc1cccc(-n2cnnc2-c2c[nH]c3ncccc23)c1Cl.Fc1cccc(-n2cncc2-c2c[nH]c3ncccc23)c1F.Fc1cccc(-n2nnnc2-c2c[nH]c3ncccc23)c1F. The summed E-state index contributed by atoms with van der Waals surface area (Å²) >= 11 is 37.3. The van der Waals surface area contributed by atoms with Gasteiger partial charge in [-0.15, -0.1) is 15.3 Å². The lowest BCUT2D eigenvalue weighted by molar-refractivity contribution is 0.432. The van der Waals surface area contributed by atoms with Crippen molar-refractivity contribution in [2.45, 2.75) is 27.2 Å². The van der Waals surface area contributed by atoms with Crippen LogP contribution in [0.15, 0.2) is 271 Å². The number of aryl methyl sites for hydroxylation is 3. The molecule has 0 aliphatic carbocycles. The van der Waals surface area contributed by atoms with Gasteiger partial charge in [0, 0.05) is 135 Å². The molecule has 0 aliphatic rings.